The van der Waals surface area contributed by atoms with Crippen LogP contribution in [0.2, 0.25) is 0 Å². The Morgan fingerprint density at radius 2 is 2.07 bits per heavy atom. The van der Waals surface area contributed by atoms with Crippen LogP contribution in [0.25, 0.3) is 0 Å². The van der Waals surface area contributed by atoms with E-state index in [1.165, 1.54) is 5.56 Å². The van der Waals surface area contributed by atoms with Crippen molar-refractivity contribution in [3.8, 4) is 5.75 Å². The van der Waals surface area contributed by atoms with E-state index < -0.39 is 6.04 Å². The summed E-state index contributed by atoms with van der Waals surface area (Å²) in [5.74, 6) is 0.573. The lowest BCUT2D eigenvalue weighted by Gasteiger charge is -2.28. The Balaban J connectivity index is 1.38. The van der Waals surface area contributed by atoms with Gasteiger partial charge in [-0.2, -0.15) is 0 Å². The van der Waals surface area contributed by atoms with E-state index in [-0.39, 0.29) is 30.4 Å². The summed E-state index contributed by atoms with van der Waals surface area (Å²) in [7, 11) is 1.72. The molecule has 8 nitrogen and oxygen atoms in total. The molecule has 2 saturated heterocycles. The predicted molar refractivity (Wildman–Crippen MR) is 99.4 cm³/mol. The lowest BCUT2D eigenvalue weighted by Crippen LogP contribution is -2.55. The maximum atomic E-state index is 12.3. The van der Waals surface area contributed by atoms with Gasteiger partial charge in [0.2, 0.25) is 11.8 Å². The van der Waals surface area contributed by atoms with E-state index in [9.17, 15) is 14.4 Å². The Labute approximate surface area is 158 Å². The maximum Gasteiger partial charge on any atom is 0.317 e. The molecule has 8 heteroatoms. The molecule has 0 saturated carbocycles. The largest absolute Gasteiger partial charge is 0.494 e. The number of benzene rings is 1. The predicted octanol–water partition coefficient (Wildman–Crippen LogP) is 0.505. The number of nitrogens with zero attached hydrogens (tertiary/aromatic N) is 2. The Bertz CT molecular complexity index is 682. The zero-order chi connectivity index (χ0) is 19.4. The fraction of sp³-hybridized carbons (Fsp3) is 0.526. The number of rotatable bonds is 6. The number of hydrogen-bond acceptors (Lipinski definition) is 4. The third-order valence-electron chi connectivity index (χ3n) is 4.94. The molecule has 1 aromatic rings. The molecule has 146 valence electrons. The first-order valence-corrected chi connectivity index (χ1v) is 9.22. The van der Waals surface area contributed by atoms with E-state index in [4.69, 9.17) is 4.74 Å². The van der Waals surface area contributed by atoms with Crippen LogP contribution in [0.3, 0.4) is 0 Å². The monoisotopic (exact) mass is 374 g/mol. The van der Waals surface area contributed by atoms with Gasteiger partial charge in [0.15, 0.2) is 0 Å². The highest BCUT2D eigenvalue weighted by molar-refractivity contribution is 5.95. The standard InChI is InChI=1S/C19H26N4O4/c1-13-4-6-15(7-5-13)27-9-3-8-22(2)19(26)21-14-10-16-18(25)20-11-17(24)23(16)12-14/h4-7,14,16H,3,8-12H2,1-2H3,(H,20,25)(H,21,26)/t14-,16-/m0/s1. The summed E-state index contributed by atoms with van der Waals surface area (Å²) in [4.78, 5) is 39.2. The highest BCUT2D eigenvalue weighted by Gasteiger charge is 2.42. The maximum absolute atomic E-state index is 12.3. The Morgan fingerprint density at radius 3 is 2.78 bits per heavy atom. The van der Waals surface area contributed by atoms with Crippen molar-refractivity contribution in [1.82, 2.24) is 20.4 Å². The first kappa shape index (κ1) is 19.0. The van der Waals surface area contributed by atoms with E-state index in [0.717, 1.165) is 5.75 Å². The zero-order valence-corrected chi connectivity index (χ0v) is 15.7. The summed E-state index contributed by atoms with van der Waals surface area (Å²) in [5.41, 5.74) is 1.18. The summed E-state index contributed by atoms with van der Waals surface area (Å²) in [6.45, 7) is 3.52. The van der Waals surface area contributed by atoms with Gasteiger partial charge in [-0.25, -0.2) is 4.79 Å². The van der Waals surface area contributed by atoms with E-state index in [1.54, 1.807) is 16.8 Å². The van der Waals surface area contributed by atoms with Gasteiger partial charge in [0.1, 0.15) is 11.8 Å². The molecule has 0 bridgehead atoms. The normalized spacial score (nSPS) is 21.5. The lowest BCUT2D eigenvalue weighted by atomic mass is 10.1. The number of ether oxygens (including phenoxy) is 1. The van der Waals surface area contributed by atoms with Crippen molar-refractivity contribution < 1.29 is 19.1 Å². The summed E-state index contributed by atoms with van der Waals surface area (Å²) in [5, 5.41) is 5.50. The van der Waals surface area contributed by atoms with Crippen LogP contribution in [0.1, 0.15) is 18.4 Å². The topological polar surface area (TPSA) is 91.0 Å². The van der Waals surface area contributed by atoms with Crippen molar-refractivity contribution in [3.05, 3.63) is 29.8 Å². The Kier molecular flexibility index (Phi) is 5.83. The van der Waals surface area contributed by atoms with Gasteiger partial charge < -0.3 is 25.2 Å². The molecule has 0 spiro atoms. The van der Waals surface area contributed by atoms with Gasteiger partial charge in [-0.3, -0.25) is 9.59 Å². The van der Waals surface area contributed by atoms with Gasteiger partial charge in [0.05, 0.1) is 19.2 Å². The smallest absolute Gasteiger partial charge is 0.317 e. The molecule has 2 N–H and O–H groups in total. The molecule has 0 unspecified atom stereocenters. The molecule has 2 heterocycles. The van der Waals surface area contributed by atoms with Gasteiger partial charge in [-0.05, 0) is 31.9 Å². The molecule has 27 heavy (non-hydrogen) atoms. The van der Waals surface area contributed by atoms with Crippen molar-refractivity contribution in [2.24, 2.45) is 0 Å². The number of carbonyl (C=O) groups is 3. The van der Waals surface area contributed by atoms with Gasteiger partial charge in [-0.1, -0.05) is 17.7 Å². The third kappa shape index (κ3) is 4.69. The molecule has 0 aromatic heterocycles. The van der Waals surface area contributed by atoms with Crippen LogP contribution in [0.5, 0.6) is 5.75 Å². The van der Waals surface area contributed by atoms with Crippen molar-refractivity contribution in [3.63, 3.8) is 0 Å². The number of aryl methyl sites for hydroxylation is 1. The number of hydrogen-bond donors (Lipinski definition) is 2. The second-order valence-corrected chi connectivity index (χ2v) is 7.10. The molecule has 2 atom stereocenters. The summed E-state index contributed by atoms with van der Waals surface area (Å²) >= 11 is 0. The highest BCUT2D eigenvalue weighted by Crippen LogP contribution is 2.20. The van der Waals surface area contributed by atoms with Crippen molar-refractivity contribution in [2.75, 3.05) is 33.3 Å². The number of fused-ring (bicyclic) bond motifs is 1. The van der Waals surface area contributed by atoms with Crippen molar-refractivity contribution >= 4 is 17.8 Å². The number of nitrogens with one attached hydrogen (secondary N) is 2. The minimum atomic E-state index is -0.468. The SMILES string of the molecule is Cc1ccc(OCCCN(C)C(=O)N[C@H]2C[C@H]3C(=O)NCC(=O)N3C2)cc1. The first-order chi connectivity index (χ1) is 12.9. The molecule has 2 aliphatic heterocycles. The highest BCUT2D eigenvalue weighted by atomic mass is 16.5. The van der Waals surface area contributed by atoms with E-state index >= 15 is 0 Å². The van der Waals surface area contributed by atoms with Crippen LogP contribution >= 0.6 is 0 Å². The minimum absolute atomic E-state index is 0.0386. The van der Waals surface area contributed by atoms with Crippen LogP contribution < -0.4 is 15.4 Å². The molecule has 0 aliphatic carbocycles. The van der Waals surface area contributed by atoms with Crippen LogP contribution in [0.4, 0.5) is 4.79 Å². The fourth-order valence-electron chi connectivity index (χ4n) is 3.36. The molecule has 1 aromatic carbocycles. The minimum Gasteiger partial charge on any atom is -0.494 e. The van der Waals surface area contributed by atoms with Gasteiger partial charge in [0.25, 0.3) is 0 Å². The second-order valence-electron chi connectivity index (χ2n) is 7.10. The third-order valence-corrected chi connectivity index (χ3v) is 4.94. The number of piperazine rings is 1. The lowest BCUT2D eigenvalue weighted by molar-refractivity contribution is -0.143. The van der Waals surface area contributed by atoms with E-state index in [0.29, 0.717) is 32.5 Å². The summed E-state index contributed by atoms with van der Waals surface area (Å²) in [6, 6.07) is 6.97. The van der Waals surface area contributed by atoms with Gasteiger partial charge in [-0.15, -0.1) is 0 Å². The average molecular weight is 374 g/mol. The molecule has 2 aliphatic rings. The summed E-state index contributed by atoms with van der Waals surface area (Å²) in [6.07, 6.45) is 1.16. The van der Waals surface area contributed by atoms with Crippen LogP contribution in [-0.2, 0) is 9.59 Å². The fourth-order valence-corrected chi connectivity index (χ4v) is 3.36. The van der Waals surface area contributed by atoms with Gasteiger partial charge >= 0.3 is 6.03 Å². The quantitative estimate of drug-likeness (QED) is 0.710. The Morgan fingerprint density at radius 1 is 1.33 bits per heavy atom. The first-order valence-electron chi connectivity index (χ1n) is 9.22. The average Bonchev–Trinajstić information content (AvgIpc) is 3.08. The van der Waals surface area contributed by atoms with Gasteiger partial charge in [0, 0.05) is 20.1 Å². The molecular formula is C19H26N4O4. The summed E-state index contributed by atoms with van der Waals surface area (Å²) < 4.78 is 5.67. The second kappa shape index (κ2) is 8.28. The van der Waals surface area contributed by atoms with Crippen molar-refractivity contribution in [1.29, 1.82) is 0 Å². The van der Waals surface area contributed by atoms with Crippen molar-refractivity contribution in [2.45, 2.75) is 31.8 Å². The van der Waals surface area contributed by atoms with E-state index in [2.05, 4.69) is 10.6 Å². The molecule has 0 radical (unpaired) electrons. The Hall–Kier alpha value is -2.77. The number of amides is 4. The number of urea groups is 1. The number of carbonyl (C=O) groups excluding carboxylic acids is 3. The zero-order valence-electron chi connectivity index (χ0n) is 15.7. The van der Waals surface area contributed by atoms with Crippen LogP contribution in [-0.4, -0.2) is 73.0 Å². The van der Waals surface area contributed by atoms with Crippen LogP contribution in [0, 0.1) is 6.92 Å². The van der Waals surface area contributed by atoms with E-state index in [1.807, 2.05) is 31.2 Å². The molecule has 3 rings (SSSR count). The van der Waals surface area contributed by atoms with Crippen LogP contribution in [0.15, 0.2) is 24.3 Å². The molecule has 4 amide bonds. The molecule has 2 fully saturated rings. The molecular weight excluding hydrogens is 348 g/mol.